The van der Waals surface area contributed by atoms with Gasteiger partial charge in [0.15, 0.2) is 9.84 Å². The second-order valence-corrected chi connectivity index (χ2v) is 11.1. The molecule has 1 aliphatic heterocycles. The predicted octanol–water partition coefficient (Wildman–Crippen LogP) is 4.16. The summed E-state index contributed by atoms with van der Waals surface area (Å²) >= 11 is 6.47. The summed E-state index contributed by atoms with van der Waals surface area (Å²) in [6, 6.07) is 4.22. The van der Waals surface area contributed by atoms with E-state index in [4.69, 9.17) is 25.8 Å². The van der Waals surface area contributed by atoms with E-state index in [0.29, 0.717) is 43.1 Å². The minimum absolute atomic E-state index is 0.0653. The van der Waals surface area contributed by atoms with E-state index < -0.39 is 27.5 Å². The molecule has 1 aromatic carbocycles. The van der Waals surface area contributed by atoms with Crippen molar-refractivity contribution in [2.75, 3.05) is 19.8 Å². The van der Waals surface area contributed by atoms with Crippen molar-refractivity contribution in [2.45, 2.75) is 62.8 Å². The third-order valence-corrected chi connectivity index (χ3v) is 7.65. The molecule has 8 nitrogen and oxygen atoms in total. The Labute approximate surface area is 203 Å². The number of aromatic nitrogens is 1. The second kappa shape index (κ2) is 9.71. The summed E-state index contributed by atoms with van der Waals surface area (Å²) in [5, 5.41) is 0.247. The molecule has 10 heteroatoms. The Kier molecular flexibility index (Phi) is 7.07. The fraction of sp³-hybridized carbons (Fsp3) is 0.500. The Morgan fingerprint density at radius 3 is 2.59 bits per heavy atom. The molecule has 1 fully saturated rings. The van der Waals surface area contributed by atoms with Gasteiger partial charge in [-0.1, -0.05) is 11.6 Å². The highest BCUT2D eigenvalue weighted by molar-refractivity contribution is 7.90. The molecule has 1 aromatic heterocycles. The van der Waals surface area contributed by atoms with E-state index in [1.165, 1.54) is 18.2 Å². The van der Waals surface area contributed by atoms with Crippen LogP contribution in [-0.2, 0) is 25.1 Å². The van der Waals surface area contributed by atoms with Gasteiger partial charge in [-0.3, -0.25) is 4.79 Å². The molecule has 34 heavy (non-hydrogen) atoms. The Morgan fingerprint density at radius 2 is 1.94 bits per heavy atom. The highest BCUT2D eigenvalue weighted by Crippen LogP contribution is 2.46. The van der Waals surface area contributed by atoms with Crippen LogP contribution in [0.25, 0.3) is 11.3 Å². The van der Waals surface area contributed by atoms with E-state index in [9.17, 15) is 18.0 Å². The topological polar surface area (TPSA) is 101 Å². The van der Waals surface area contributed by atoms with Crippen LogP contribution in [0.4, 0.5) is 0 Å². The maximum Gasteiger partial charge on any atom is 0.344 e. The van der Waals surface area contributed by atoms with Gasteiger partial charge in [-0.15, -0.1) is 0 Å². The lowest BCUT2D eigenvalue weighted by molar-refractivity contribution is 0.0375. The molecule has 0 saturated heterocycles. The molecule has 0 unspecified atom stereocenters. The zero-order chi connectivity index (χ0) is 24.6. The maximum atomic E-state index is 13.3. The first-order valence-corrected chi connectivity index (χ1v) is 13.4. The summed E-state index contributed by atoms with van der Waals surface area (Å²) in [5.41, 5.74) is 0.586. The minimum atomic E-state index is -3.77. The summed E-state index contributed by atoms with van der Waals surface area (Å²) < 4.78 is 44.3. The lowest BCUT2D eigenvalue weighted by Gasteiger charge is -2.26. The van der Waals surface area contributed by atoms with Gasteiger partial charge < -0.3 is 18.8 Å². The van der Waals surface area contributed by atoms with Crippen LogP contribution in [0.15, 0.2) is 27.9 Å². The van der Waals surface area contributed by atoms with Gasteiger partial charge in [0.25, 0.3) is 5.56 Å². The van der Waals surface area contributed by atoms with Crippen molar-refractivity contribution in [1.29, 1.82) is 0 Å². The standard InChI is InChI=1S/C24H28ClNO7S/c1-4-31-8-5-9-32-20-12-21-17(11-19(20)25)22-15(13-34(21,29)30)10-18(24(28)33-14(2)3)23(27)26(22)16-6-7-16/h10-12,14,16H,4-9,13H2,1-3H3. The summed E-state index contributed by atoms with van der Waals surface area (Å²) in [6.07, 6.45) is 1.76. The molecule has 0 radical (unpaired) electrons. The number of hydrogen-bond donors (Lipinski definition) is 0. The number of pyridine rings is 1. The van der Waals surface area contributed by atoms with Gasteiger partial charge >= 0.3 is 5.97 Å². The lowest BCUT2D eigenvalue weighted by atomic mass is 10.0. The zero-order valence-electron chi connectivity index (χ0n) is 19.4. The number of nitrogens with zero attached hydrogens (tertiary/aromatic N) is 1. The molecule has 0 amide bonds. The van der Waals surface area contributed by atoms with Crippen LogP contribution in [0.2, 0.25) is 5.02 Å². The molecule has 0 spiro atoms. The number of ether oxygens (including phenoxy) is 3. The first-order valence-electron chi connectivity index (χ1n) is 11.4. The normalized spacial score (nSPS) is 16.1. The van der Waals surface area contributed by atoms with Gasteiger partial charge in [0.1, 0.15) is 11.3 Å². The minimum Gasteiger partial charge on any atom is -0.492 e. The van der Waals surface area contributed by atoms with Crippen molar-refractivity contribution in [3.63, 3.8) is 0 Å². The van der Waals surface area contributed by atoms with Crippen molar-refractivity contribution in [1.82, 2.24) is 4.57 Å². The van der Waals surface area contributed by atoms with E-state index in [0.717, 1.165) is 12.8 Å². The Morgan fingerprint density at radius 1 is 1.21 bits per heavy atom. The van der Waals surface area contributed by atoms with Gasteiger partial charge in [0, 0.05) is 37.3 Å². The van der Waals surface area contributed by atoms with Crippen LogP contribution in [0.5, 0.6) is 5.75 Å². The van der Waals surface area contributed by atoms with Crippen molar-refractivity contribution in [2.24, 2.45) is 0 Å². The quantitative estimate of drug-likeness (QED) is 0.369. The van der Waals surface area contributed by atoms with E-state index in [-0.39, 0.29) is 33.0 Å². The molecule has 2 aliphatic rings. The molecule has 4 rings (SSSR count). The molecule has 2 aromatic rings. The van der Waals surface area contributed by atoms with Gasteiger partial charge in [0.05, 0.1) is 34.1 Å². The van der Waals surface area contributed by atoms with Crippen molar-refractivity contribution < 1.29 is 27.4 Å². The highest BCUT2D eigenvalue weighted by Gasteiger charge is 2.37. The molecule has 0 atom stereocenters. The molecule has 1 saturated carbocycles. The van der Waals surface area contributed by atoms with E-state index in [1.807, 2.05) is 6.92 Å². The molecular formula is C24H28ClNO7S. The number of carbonyl (C=O) groups excluding carboxylic acids is 1. The fourth-order valence-corrected chi connectivity index (χ4v) is 5.85. The molecule has 0 N–H and O–H groups in total. The van der Waals surface area contributed by atoms with Crippen molar-refractivity contribution in [3.8, 4) is 17.0 Å². The van der Waals surface area contributed by atoms with Crippen LogP contribution in [0.1, 0.15) is 62.0 Å². The Hall–Kier alpha value is -2.36. The summed E-state index contributed by atoms with van der Waals surface area (Å²) in [5.74, 6) is -0.828. The summed E-state index contributed by atoms with van der Waals surface area (Å²) in [7, 11) is -3.77. The molecule has 0 bridgehead atoms. The number of esters is 1. The van der Waals surface area contributed by atoms with Crippen molar-refractivity contribution in [3.05, 3.63) is 44.7 Å². The van der Waals surface area contributed by atoms with Crippen LogP contribution in [-0.4, -0.2) is 44.9 Å². The smallest absolute Gasteiger partial charge is 0.344 e. The number of rotatable bonds is 9. The number of hydrogen-bond acceptors (Lipinski definition) is 7. The lowest BCUT2D eigenvalue weighted by Crippen LogP contribution is -2.32. The number of fused-ring (bicyclic) bond motifs is 3. The maximum absolute atomic E-state index is 13.3. The molecular weight excluding hydrogens is 482 g/mol. The van der Waals surface area contributed by atoms with Gasteiger partial charge in [0.2, 0.25) is 0 Å². The average molecular weight is 510 g/mol. The summed E-state index contributed by atoms with van der Waals surface area (Å²) in [4.78, 5) is 26.0. The van der Waals surface area contributed by atoms with Crippen molar-refractivity contribution >= 4 is 27.4 Å². The zero-order valence-corrected chi connectivity index (χ0v) is 21.0. The first kappa shape index (κ1) is 24.8. The number of carbonyl (C=O) groups is 1. The highest BCUT2D eigenvalue weighted by atomic mass is 35.5. The monoisotopic (exact) mass is 509 g/mol. The van der Waals surface area contributed by atoms with E-state index in [1.54, 1.807) is 18.4 Å². The number of benzene rings is 1. The second-order valence-electron chi connectivity index (χ2n) is 8.73. The largest absolute Gasteiger partial charge is 0.492 e. The molecule has 184 valence electrons. The van der Waals surface area contributed by atoms with Crippen LogP contribution < -0.4 is 10.3 Å². The van der Waals surface area contributed by atoms with Crippen LogP contribution in [0, 0.1) is 0 Å². The van der Waals surface area contributed by atoms with Crippen LogP contribution >= 0.6 is 11.6 Å². The molecule has 2 heterocycles. The van der Waals surface area contributed by atoms with Gasteiger partial charge in [-0.05, 0) is 51.3 Å². The van der Waals surface area contributed by atoms with E-state index >= 15 is 0 Å². The fourth-order valence-electron chi connectivity index (χ4n) is 4.07. The SMILES string of the molecule is CCOCCCOc1cc2c(cc1Cl)-c1c(cc(C(=O)OC(C)C)c(=O)n1C1CC1)CS2(=O)=O. The summed E-state index contributed by atoms with van der Waals surface area (Å²) in [6.45, 7) is 6.74. The number of sulfone groups is 1. The average Bonchev–Trinajstić information content (AvgIpc) is 3.58. The molecule has 1 aliphatic carbocycles. The third kappa shape index (κ3) is 4.87. The Bertz CT molecular complexity index is 1280. The van der Waals surface area contributed by atoms with Crippen LogP contribution in [0.3, 0.4) is 0 Å². The first-order chi connectivity index (χ1) is 16.1. The number of halogens is 1. The van der Waals surface area contributed by atoms with Gasteiger partial charge in [-0.2, -0.15) is 0 Å². The third-order valence-electron chi connectivity index (χ3n) is 5.65. The predicted molar refractivity (Wildman–Crippen MR) is 127 cm³/mol. The van der Waals surface area contributed by atoms with Gasteiger partial charge in [-0.25, -0.2) is 13.2 Å². The Balaban J connectivity index is 1.81. The van der Waals surface area contributed by atoms with E-state index in [2.05, 4.69) is 0 Å².